The molecule has 98 valence electrons. The maximum Gasteiger partial charge on any atom is 0.237 e. The maximum absolute atomic E-state index is 12.0. The average molecular weight is 241 g/mol. The number of carbonyl (C=O) groups is 2. The van der Waals surface area contributed by atoms with Gasteiger partial charge in [-0.1, -0.05) is 6.92 Å². The highest BCUT2D eigenvalue weighted by atomic mass is 16.2. The molecule has 1 saturated heterocycles. The summed E-state index contributed by atoms with van der Waals surface area (Å²) in [6.45, 7) is 5.55. The Kier molecular flexibility index (Phi) is 5.41. The lowest BCUT2D eigenvalue weighted by Crippen LogP contribution is -2.46. The van der Waals surface area contributed by atoms with Crippen LogP contribution >= 0.6 is 0 Å². The smallest absolute Gasteiger partial charge is 0.237 e. The molecule has 0 bridgehead atoms. The number of hydrogen-bond donors (Lipinski definition) is 2. The molecule has 1 aliphatic rings. The molecule has 3 N–H and O–H groups in total. The number of hydrogen-bond acceptors (Lipinski definition) is 3. The van der Waals surface area contributed by atoms with Gasteiger partial charge in [-0.3, -0.25) is 9.59 Å². The number of nitrogens with zero attached hydrogens (tertiary/aromatic N) is 1. The zero-order chi connectivity index (χ0) is 12.8. The lowest BCUT2D eigenvalue weighted by Gasteiger charge is -2.31. The first-order valence-electron chi connectivity index (χ1n) is 6.34. The molecular formula is C12H23N3O2. The highest BCUT2D eigenvalue weighted by Gasteiger charge is 2.25. The van der Waals surface area contributed by atoms with Crippen molar-refractivity contribution >= 4 is 11.8 Å². The lowest BCUT2D eigenvalue weighted by molar-refractivity contribution is -0.135. The Balaban J connectivity index is 2.47. The molecule has 1 fully saturated rings. The molecular weight excluding hydrogens is 218 g/mol. The molecule has 0 aromatic carbocycles. The Labute approximate surface area is 103 Å². The predicted molar refractivity (Wildman–Crippen MR) is 66.3 cm³/mol. The summed E-state index contributed by atoms with van der Waals surface area (Å²) in [5.41, 5.74) is 5.12. The van der Waals surface area contributed by atoms with Crippen LogP contribution < -0.4 is 11.1 Å². The van der Waals surface area contributed by atoms with Gasteiger partial charge in [-0.15, -0.1) is 0 Å². The molecule has 0 aromatic heterocycles. The molecule has 5 nitrogen and oxygen atoms in total. The van der Waals surface area contributed by atoms with Crippen molar-refractivity contribution in [2.45, 2.75) is 39.2 Å². The first kappa shape index (κ1) is 14.0. The summed E-state index contributed by atoms with van der Waals surface area (Å²) in [7, 11) is 0. The maximum atomic E-state index is 12.0. The van der Waals surface area contributed by atoms with Crippen molar-refractivity contribution in [1.82, 2.24) is 10.2 Å². The SMILES string of the molecule is CCN(CC(N)=O)C(=O)CC1NCCCC1C. The molecule has 17 heavy (non-hydrogen) atoms. The molecule has 0 saturated carbocycles. The minimum absolute atomic E-state index is 0.0116. The molecule has 1 heterocycles. The fraction of sp³-hybridized carbons (Fsp3) is 0.833. The summed E-state index contributed by atoms with van der Waals surface area (Å²) in [5.74, 6) is 0.0717. The first-order valence-corrected chi connectivity index (χ1v) is 6.34. The Morgan fingerprint density at radius 3 is 2.71 bits per heavy atom. The minimum Gasteiger partial charge on any atom is -0.368 e. The molecule has 5 heteroatoms. The quantitative estimate of drug-likeness (QED) is 0.716. The third kappa shape index (κ3) is 4.34. The third-order valence-corrected chi connectivity index (χ3v) is 3.41. The number of carbonyl (C=O) groups excluding carboxylic acids is 2. The van der Waals surface area contributed by atoms with Crippen LogP contribution in [0.15, 0.2) is 0 Å². The van der Waals surface area contributed by atoms with E-state index in [0.29, 0.717) is 18.9 Å². The van der Waals surface area contributed by atoms with Crippen molar-refractivity contribution in [1.29, 1.82) is 0 Å². The fourth-order valence-corrected chi connectivity index (χ4v) is 2.27. The normalized spacial score (nSPS) is 24.4. The van der Waals surface area contributed by atoms with Gasteiger partial charge in [0.05, 0.1) is 6.54 Å². The molecule has 0 radical (unpaired) electrons. The first-order chi connectivity index (χ1) is 8.04. The standard InChI is InChI=1S/C12H23N3O2/c1-3-15(8-11(13)16)12(17)7-10-9(2)5-4-6-14-10/h9-10,14H,3-8H2,1-2H3,(H2,13,16). The number of likely N-dealkylation sites (N-methyl/N-ethyl adjacent to an activating group) is 1. The molecule has 2 amide bonds. The van der Waals surface area contributed by atoms with Gasteiger partial charge >= 0.3 is 0 Å². The lowest BCUT2D eigenvalue weighted by atomic mass is 9.90. The van der Waals surface area contributed by atoms with Gasteiger partial charge in [-0.2, -0.15) is 0 Å². The monoisotopic (exact) mass is 241 g/mol. The molecule has 2 atom stereocenters. The van der Waals surface area contributed by atoms with Gasteiger partial charge in [-0.05, 0) is 32.2 Å². The van der Waals surface area contributed by atoms with Crippen molar-refractivity contribution in [2.75, 3.05) is 19.6 Å². The van der Waals surface area contributed by atoms with E-state index in [9.17, 15) is 9.59 Å². The Bertz CT molecular complexity index is 281. The van der Waals surface area contributed by atoms with Crippen LogP contribution in [0, 0.1) is 5.92 Å². The summed E-state index contributed by atoms with van der Waals surface area (Å²) in [6.07, 6.45) is 2.79. The number of nitrogens with two attached hydrogens (primary N) is 1. The van der Waals surface area contributed by atoms with Crippen molar-refractivity contribution in [3.05, 3.63) is 0 Å². The summed E-state index contributed by atoms with van der Waals surface area (Å²) in [5, 5.41) is 3.37. The minimum atomic E-state index is -0.454. The largest absolute Gasteiger partial charge is 0.368 e. The number of nitrogens with one attached hydrogen (secondary N) is 1. The van der Waals surface area contributed by atoms with E-state index in [2.05, 4.69) is 12.2 Å². The van der Waals surface area contributed by atoms with Gasteiger partial charge in [0.1, 0.15) is 0 Å². The number of amides is 2. The van der Waals surface area contributed by atoms with E-state index >= 15 is 0 Å². The second-order valence-electron chi connectivity index (χ2n) is 4.76. The molecule has 0 aliphatic carbocycles. The Hall–Kier alpha value is -1.10. The molecule has 1 rings (SSSR count). The Morgan fingerprint density at radius 1 is 1.47 bits per heavy atom. The van der Waals surface area contributed by atoms with Crippen molar-refractivity contribution < 1.29 is 9.59 Å². The highest BCUT2D eigenvalue weighted by molar-refractivity contribution is 5.84. The van der Waals surface area contributed by atoms with Gasteiger partial charge in [0.15, 0.2) is 0 Å². The number of rotatable bonds is 5. The zero-order valence-electron chi connectivity index (χ0n) is 10.7. The van der Waals surface area contributed by atoms with Gasteiger partial charge < -0.3 is 16.0 Å². The Morgan fingerprint density at radius 2 is 2.18 bits per heavy atom. The van der Waals surface area contributed by atoms with Crippen LogP contribution in [0.2, 0.25) is 0 Å². The summed E-state index contributed by atoms with van der Waals surface area (Å²) < 4.78 is 0. The van der Waals surface area contributed by atoms with Crippen LogP contribution in [0.5, 0.6) is 0 Å². The van der Waals surface area contributed by atoms with Crippen molar-refractivity contribution in [3.63, 3.8) is 0 Å². The van der Waals surface area contributed by atoms with Crippen LogP contribution in [0.1, 0.15) is 33.1 Å². The van der Waals surface area contributed by atoms with E-state index in [1.54, 1.807) is 0 Å². The topological polar surface area (TPSA) is 75.4 Å². The van der Waals surface area contributed by atoms with Crippen LogP contribution in [0.3, 0.4) is 0 Å². The summed E-state index contributed by atoms with van der Waals surface area (Å²) >= 11 is 0. The zero-order valence-corrected chi connectivity index (χ0v) is 10.7. The highest BCUT2D eigenvalue weighted by Crippen LogP contribution is 2.18. The fourth-order valence-electron chi connectivity index (χ4n) is 2.27. The van der Waals surface area contributed by atoms with Gasteiger partial charge in [-0.25, -0.2) is 0 Å². The predicted octanol–water partition coefficient (Wildman–Crippen LogP) is 0.0984. The second kappa shape index (κ2) is 6.59. The van der Waals surface area contributed by atoms with Crippen molar-refractivity contribution in [2.24, 2.45) is 11.7 Å². The van der Waals surface area contributed by atoms with Crippen LogP contribution in [-0.2, 0) is 9.59 Å². The van der Waals surface area contributed by atoms with Crippen LogP contribution in [0.4, 0.5) is 0 Å². The molecule has 2 unspecified atom stereocenters. The van der Waals surface area contributed by atoms with E-state index in [-0.39, 0.29) is 18.5 Å². The van der Waals surface area contributed by atoms with Crippen LogP contribution in [0.25, 0.3) is 0 Å². The second-order valence-corrected chi connectivity index (χ2v) is 4.76. The summed E-state index contributed by atoms with van der Waals surface area (Å²) in [6, 6.07) is 0.234. The van der Waals surface area contributed by atoms with Gasteiger partial charge in [0, 0.05) is 19.0 Å². The van der Waals surface area contributed by atoms with E-state index in [0.717, 1.165) is 13.0 Å². The van der Waals surface area contributed by atoms with E-state index in [1.165, 1.54) is 11.3 Å². The number of primary amides is 1. The molecule has 1 aliphatic heterocycles. The van der Waals surface area contributed by atoms with Crippen LogP contribution in [-0.4, -0.2) is 42.4 Å². The van der Waals surface area contributed by atoms with Gasteiger partial charge in [0.25, 0.3) is 0 Å². The molecule has 0 spiro atoms. The summed E-state index contributed by atoms with van der Waals surface area (Å²) in [4.78, 5) is 24.4. The molecule has 0 aromatic rings. The van der Waals surface area contributed by atoms with E-state index in [1.807, 2.05) is 6.92 Å². The van der Waals surface area contributed by atoms with E-state index < -0.39 is 5.91 Å². The van der Waals surface area contributed by atoms with E-state index in [4.69, 9.17) is 5.73 Å². The average Bonchev–Trinajstić information content (AvgIpc) is 2.28. The van der Waals surface area contributed by atoms with Crippen molar-refractivity contribution in [3.8, 4) is 0 Å². The third-order valence-electron chi connectivity index (χ3n) is 3.41. The van der Waals surface area contributed by atoms with Gasteiger partial charge in [0.2, 0.25) is 11.8 Å². The number of piperidine rings is 1.